The number of halogens is 6. The van der Waals surface area contributed by atoms with Crippen LogP contribution in [0, 0.1) is 17.2 Å². The van der Waals surface area contributed by atoms with Gasteiger partial charge in [0.1, 0.15) is 6.54 Å². The zero-order valence-corrected chi connectivity index (χ0v) is 9.27. The molecule has 0 aromatic rings. The van der Waals surface area contributed by atoms with Gasteiger partial charge in [-0.1, -0.05) is 6.92 Å². The number of hydrogen-bond donors (Lipinski definition) is 0. The first-order valence-corrected chi connectivity index (χ1v) is 4.84. The van der Waals surface area contributed by atoms with Gasteiger partial charge in [-0.2, -0.15) is 31.6 Å². The van der Waals surface area contributed by atoms with Crippen molar-refractivity contribution in [3.05, 3.63) is 0 Å². The number of carbonyl (C=O) groups excluding carboxylic acids is 1. The van der Waals surface area contributed by atoms with Crippen LogP contribution in [0.1, 0.15) is 13.3 Å². The largest absolute Gasteiger partial charge is 0.409 e. The van der Waals surface area contributed by atoms with E-state index in [0.29, 0.717) is 0 Å². The van der Waals surface area contributed by atoms with E-state index in [-0.39, 0.29) is 17.9 Å². The second-order valence-electron chi connectivity index (χ2n) is 3.43. The van der Waals surface area contributed by atoms with Crippen LogP contribution in [0.15, 0.2) is 0 Å². The van der Waals surface area contributed by atoms with E-state index in [0.717, 1.165) is 0 Å². The molecule has 0 aromatic carbocycles. The third kappa shape index (κ3) is 4.43. The molecule has 0 rings (SSSR count). The van der Waals surface area contributed by atoms with Crippen molar-refractivity contribution in [1.29, 1.82) is 5.26 Å². The predicted octanol–water partition coefficient (Wildman–Crippen LogP) is 2.49. The first-order valence-electron chi connectivity index (χ1n) is 4.84. The molecular weight excluding hydrogens is 266 g/mol. The Kier molecular flexibility index (Phi) is 5.45. The number of carbonyl (C=O) groups is 1. The summed E-state index contributed by atoms with van der Waals surface area (Å²) in [6.07, 6.45) is -11.3. The van der Waals surface area contributed by atoms with Crippen LogP contribution in [0.4, 0.5) is 26.3 Å². The van der Waals surface area contributed by atoms with Gasteiger partial charge in [-0.3, -0.25) is 4.79 Å². The van der Waals surface area contributed by atoms with Gasteiger partial charge in [0.2, 0.25) is 11.8 Å². The molecule has 0 saturated heterocycles. The van der Waals surface area contributed by atoms with Crippen molar-refractivity contribution in [3.8, 4) is 6.07 Å². The van der Waals surface area contributed by atoms with E-state index in [9.17, 15) is 31.1 Å². The Balaban J connectivity index is 5.25. The highest BCUT2D eigenvalue weighted by Crippen LogP contribution is 2.40. The molecule has 104 valence electrons. The highest BCUT2D eigenvalue weighted by atomic mass is 19.4. The Labute approximate surface area is 99.0 Å². The van der Waals surface area contributed by atoms with E-state index in [1.165, 1.54) is 13.0 Å². The van der Waals surface area contributed by atoms with Crippen molar-refractivity contribution in [2.45, 2.75) is 25.7 Å². The van der Waals surface area contributed by atoms with Gasteiger partial charge in [0.05, 0.1) is 6.07 Å². The van der Waals surface area contributed by atoms with E-state index < -0.39 is 30.7 Å². The van der Waals surface area contributed by atoms with Crippen molar-refractivity contribution < 1.29 is 31.1 Å². The Morgan fingerprint density at radius 1 is 1.22 bits per heavy atom. The van der Waals surface area contributed by atoms with Gasteiger partial charge < -0.3 is 4.90 Å². The first-order chi connectivity index (χ1) is 8.05. The van der Waals surface area contributed by atoms with Crippen LogP contribution in [0.5, 0.6) is 0 Å². The number of nitriles is 1. The molecule has 0 saturated carbocycles. The molecule has 18 heavy (non-hydrogen) atoms. The molecule has 0 aromatic heterocycles. The van der Waals surface area contributed by atoms with Gasteiger partial charge >= 0.3 is 12.4 Å². The van der Waals surface area contributed by atoms with Crippen LogP contribution in [0.2, 0.25) is 0 Å². The molecule has 9 heteroatoms. The fourth-order valence-electron chi connectivity index (χ4n) is 1.27. The van der Waals surface area contributed by atoms with E-state index >= 15 is 0 Å². The molecule has 3 nitrogen and oxygen atoms in total. The maximum absolute atomic E-state index is 12.3. The molecule has 0 aliphatic heterocycles. The molecule has 0 spiro atoms. The van der Waals surface area contributed by atoms with Gasteiger partial charge in [-0.05, 0) is 6.42 Å². The summed E-state index contributed by atoms with van der Waals surface area (Å²) in [7, 11) is 0. The fraction of sp³-hybridized carbons (Fsp3) is 0.778. The molecule has 0 aliphatic rings. The van der Waals surface area contributed by atoms with Crippen LogP contribution in [0.25, 0.3) is 0 Å². The number of alkyl halides is 6. The summed E-state index contributed by atoms with van der Waals surface area (Å²) < 4.78 is 73.5. The lowest BCUT2D eigenvalue weighted by molar-refractivity contribution is -0.277. The lowest BCUT2D eigenvalue weighted by Gasteiger charge is -2.27. The number of rotatable bonds is 4. The minimum Gasteiger partial charge on any atom is -0.329 e. The Morgan fingerprint density at radius 2 is 1.67 bits per heavy atom. The van der Waals surface area contributed by atoms with E-state index in [1.54, 1.807) is 0 Å². The zero-order chi connectivity index (χ0) is 14.6. The molecule has 0 fully saturated rings. The predicted molar refractivity (Wildman–Crippen MR) is 48.1 cm³/mol. The molecule has 0 atom stereocenters. The molecule has 0 unspecified atom stereocenters. The zero-order valence-electron chi connectivity index (χ0n) is 9.27. The van der Waals surface area contributed by atoms with E-state index in [1.807, 2.05) is 0 Å². The smallest absolute Gasteiger partial charge is 0.329 e. The molecular formula is C9H10F6N2O. The lowest BCUT2D eigenvalue weighted by atomic mass is 10.1. The second-order valence-corrected chi connectivity index (χ2v) is 3.43. The molecule has 0 N–H and O–H groups in total. The van der Waals surface area contributed by atoms with Crippen molar-refractivity contribution in [2.75, 3.05) is 13.1 Å². The fourth-order valence-corrected chi connectivity index (χ4v) is 1.27. The minimum atomic E-state index is -5.73. The highest BCUT2D eigenvalue weighted by Gasteiger charge is 2.61. The maximum atomic E-state index is 12.3. The topological polar surface area (TPSA) is 44.1 Å². The molecule has 0 radical (unpaired) electrons. The lowest BCUT2D eigenvalue weighted by Crippen LogP contribution is -2.49. The summed E-state index contributed by atoms with van der Waals surface area (Å²) >= 11 is 0. The van der Waals surface area contributed by atoms with Gasteiger partial charge in [0.25, 0.3) is 0 Å². The van der Waals surface area contributed by atoms with Crippen molar-refractivity contribution in [2.24, 2.45) is 5.92 Å². The van der Waals surface area contributed by atoms with Crippen LogP contribution < -0.4 is 0 Å². The Bertz CT molecular complexity index is 315. The average molecular weight is 276 g/mol. The quantitative estimate of drug-likeness (QED) is 0.585. The third-order valence-corrected chi connectivity index (χ3v) is 1.97. The summed E-state index contributed by atoms with van der Waals surface area (Å²) in [5, 5.41) is 8.29. The standard InChI is InChI=1S/C9H10F6N2O/c1-2-4-17(5-3-16)7(18)6(8(10,11)12)9(13,14)15/h6H,2,4-5H2,1H3. The normalized spacial score (nSPS) is 12.4. The molecule has 1 amide bonds. The van der Waals surface area contributed by atoms with E-state index in [2.05, 4.69) is 0 Å². The summed E-state index contributed by atoms with van der Waals surface area (Å²) in [5.74, 6) is -6.22. The van der Waals surface area contributed by atoms with Crippen LogP contribution in [-0.4, -0.2) is 36.2 Å². The van der Waals surface area contributed by atoms with Crippen LogP contribution in [0.3, 0.4) is 0 Å². The maximum Gasteiger partial charge on any atom is 0.409 e. The SMILES string of the molecule is CCCN(CC#N)C(=O)C(C(F)(F)F)C(F)(F)F. The number of nitrogens with zero attached hydrogens (tertiary/aromatic N) is 2. The second kappa shape index (κ2) is 5.93. The van der Waals surface area contributed by atoms with Crippen molar-refractivity contribution in [3.63, 3.8) is 0 Å². The highest BCUT2D eigenvalue weighted by molar-refractivity contribution is 5.80. The number of amides is 1. The summed E-state index contributed by atoms with van der Waals surface area (Å²) in [4.78, 5) is 11.5. The van der Waals surface area contributed by atoms with Crippen molar-refractivity contribution in [1.82, 2.24) is 4.90 Å². The Morgan fingerprint density at radius 3 is 1.94 bits per heavy atom. The summed E-state index contributed by atoms with van der Waals surface area (Å²) in [5.41, 5.74) is 0. The Hall–Kier alpha value is -1.46. The van der Waals surface area contributed by atoms with Crippen LogP contribution in [-0.2, 0) is 4.79 Å². The molecule has 0 bridgehead atoms. The average Bonchev–Trinajstić information content (AvgIpc) is 2.12. The van der Waals surface area contributed by atoms with Crippen molar-refractivity contribution >= 4 is 5.91 Å². The van der Waals surface area contributed by atoms with Gasteiger partial charge in [-0.15, -0.1) is 0 Å². The van der Waals surface area contributed by atoms with E-state index in [4.69, 9.17) is 5.26 Å². The van der Waals surface area contributed by atoms with Crippen LogP contribution >= 0.6 is 0 Å². The number of hydrogen-bond acceptors (Lipinski definition) is 2. The summed E-state index contributed by atoms with van der Waals surface area (Å²) in [6, 6.07) is 1.36. The van der Waals surface area contributed by atoms with Gasteiger partial charge in [-0.25, -0.2) is 0 Å². The molecule has 0 heterocycles. The minimum absolute atomic E-state index is 0.149. The van der Waals surface area contributed by atoms with Gasteiger partial charge in [0, 0.05) is 6.54 Å². The van der Waals surface area contributed by atoms with Gasteiger partial charge in [0.15, 0.2) is 0 Å². The first kappa shape index (κ1) is 16.5. The molecule has 0 aliphatic carbocycles. The third-order valence-electron chi connectivity index (χ3n) is 1.97. The monoisotopic (exact) mass is 276 g/mol. The summed E-state index contributed by atoms with van der Waals surface area (Å²) in [6.45, 7) is 0.318.